The minimum absolute atomic E-state index is 0.0467. The van der Waals surface area contributed by atoms with Gasteiger partial charge in [0.15, 0.2) is 0 Å². The van der Waals surface area contributed by atoms with Crippen molar-refractivity contribution in [3.8, 4) is 0 Å². The quantitative estimate of drug-likeness (QED) is 0.726. The molecular formula is C16H24N2O2S. The lowest BCUT2D eigenvalue weighted by molar-refractivity contribution is 0.233. The van der Waals surface area contributed by atoms with Crippen molar-refractivity contribution >= 4 is 17.8 Å². The maximum absolute atomic E-state index is 12.1. The molecular weight excluding hydrogens is 284 g/mol. The number of thioether (sulfide) groups is 1. The Morgan fingerprint density at radius 2 is 2.19 bits per heavy atom. The molecule has 2 amide bonds. The van der Waals surface area contributed by atoms with E-state index in [4.69, 9.17) is 5.11 Å². The fraction of sp³-hybridized carbons (Fsp3) is 0.562. The van der Waals surface area contributed by atoms with Crippen LogP contribution in [0.5, 0.6) is 0 Å². The van der Waals surface area contributed by atoms with Crippen LogP contribution < -0.4 is 10.6 Å². The molecule has 2 rings (SSSR count). The van der Waals surface area contributed by atoms with Gasteiger partial charge in [-0.15, -0.1) is 0 Å². The first kappa shape index (κ1) is 16.2. The first-order chi connectivity index (χ1) is 10.3. The molecule has 1 aromatic carbocycles. The predicted octanol–water partition coefficient (Wildman–Crippen LogP) is 2.70. The van der Waals surface area contributed by atoms with Crippen LogP contribution >= 0.6 is 11.8 Å². The SMILES string of the molecule is O=C(NCC1CCCS1)NC(CCCO)c1ccccc1. The van der Waals surface area contributed by atoms with Crippen molar-refractivity contribution in [1.82, 2.24) is 10.6 Å². The molecule has 3 N–H and O–H groups in total. The van der Waals surface area contributed by atoms with Crippen LogP contribution in [0.3, 0.4) is 0 Å². The van der Waals surface area contributed by atoms with E-state index >= 15 is 0 Å². The number of hydrogen-bond acceptors (Lipinski definition) is 3. The van der Waals surface area contributed by atoms with Crippen LogP contribution in [0.4, 0.5) is 4.79 Å². The van der Waals surface area contributed by atoms with Crippen molar-refractivity contribution in [2.24, 2.45) is 0 Å². The highest BCUT2D eigenvalue weighted by Gasteiger charge is 2.18. The number of aliphatic hydroxyl groups excluding tert-OH is 1. The maximum atomic E-state index is 12.1. The number of benzene rings is 1. The molecule has 4 nitrogen and oxygen atoms in total. The standard InChI is InChI=1S/C16H24N2O2S/c19-10-4-9-15(13-6-2-1-3-7-13)18-16(20)17-12-14-8-5-11-21-14/h1-3,6-7,14-15,19H,4-5,8-12H2,(H2,17,18,20). The van der Waals surface area contributed by atoms with Crippen molar-refractivity contribution in [2.75, 3.05) is 18.9 Å². The maximum Gasteiger partial charge on any atom is 0.315 e. The van der Waals surface area contributed by atoms with Gasteiger partial charge < -0.3 is 15.7 Å². The Morgan fingerprint density at radius 1 is 1.38 bits per heavy atom. The zero-order chi connectivity index (χ0) is 14.9. The summed E-state index contributed by atoms with van der Waals surface area (Å²) in [6, 6.07) is 9.75. The number of carbonyl (C=O) groups is 1. The molecule has 1 aliphatic heterocycles. The van der Waals surface area contributed by atoms with Crippen LogP contribution in [-0.4, -0.2) is 35.3 Å². The Morgan fingerprint density at radius 3 is 2.86 bits per heavy atom. The number of rotatable bonds is 7. The van der Waals surface area contributed by atoms with E-state index in [0.717, 1.165) is 18.5 Å². The molecule has 0 saturated carbocycles. The molecule has 2 unspecified atom stereocenters. The Hall–Kier alpha value is -1.20. The molecule has 21 heavy (non-hydrogen) atoms. The molecule has 1 saturated heterocycles. The summed E-state index contributed by atoms with van der Waals surface area (Å²) in [4.78, 5) is 12.1. The minimum Gasteiger partial charge on any atom is -0.396 e. The van der Waals surface area contributed by atoms with Crippen LogP contribution in [0.1, 0.15) is 37.3 Å². The second kappa shape index (κ2) is 8.95. The van der Waals surface area contributed by atoms with Crippen LogP contribution in [0.15, 0.2) is 30.3 Å². The summed E-state index contributed by atoms with van der Waals surface area (Å²) >= 11 is 1.94. The van der Waals surface area contributed by atoms with Crippen LogP contribution in [0.25, 0.3) is 0 Å². The van der Waals surface area contributed by atoms with E-state index in [1.165, 1.54) is 18.6 Å². The number of urea groups is 1. The summed E-state index contributed by atoms with van der Waals surface area (Å²) in [5.74, 6) is 1.21. The van der Waals surface area contributed by atoms with Crippen molar-refractivity contribution < 1.29 is 9.90 Å². The van der Waals surface area contributed by atoms with Crippen molar-refractivity contribution in [1.29, 1.82) is 0 Å². The predicted molar refractivity (Wildman–Crippen MR) is 87.5 cm³/mol. The van der Waals surface area contributed by atoms with Crippen LogP contribution in [0, 0.1) is 0 Å². The van der Waals surface area contributed by atoms with Crippen LogP contribution in [0.2, 0.25) is 0 Å². The van der Waals surface area contributed by atoms with E-state index in [9.17, 15) is 4.79 Å². The lowest BCUT2D eigenvalue weighted by atomic mass is 10.0. The Bertz CT molecular complexity index is 422. The monoisotopic (exact) mass is 308 g/mol. The van der Waals surface area contributed by atoms with Gasteiger partial charge in [0.05, 0.1) is 6.04 Å². The van der Waals surface area contributed by atoms with Crippen LogP contribution in [-0.2, 0) is 0 Å². The summed E-state index contributed by atoms with van der Waals surface area (Å²) in [6.07, 6.45) is 3.86. The summed E-state index contributed by atoms with van der Waals surface area (Å²) in [5, 5.41) is 15.6. The third kappa shape index (κ3) is 5.59. The van der Waals surface area contributed by atoms with Crippen molar-refractivity contribution in [3.63, 3.8) is 0 Å². The summed E-state index contributed by atoms with van der Waals surface area (Å²) in [6.45, 7) is 0.878. The fourth-order valence-electron chi connectivity index (χ4n) is 2.52. The van der Waals surface area contributed by atoms with Gasteiger partial charge in [0.1, 0.15) is 0 Å². The third-order valence-corrected chi connectivity index (χ3v) is 5.07. The average Bonchev–Trinajstić information content (AvgIpc) is 3.03. The number of hydrogen-bond donors (Lipinski definition) is 3. The molecule has 1 heterocycles. The Balaban J connectivity index is 1.83. The first-order valence-electron chi connectivity index (χ1n) is 7.61. The first-order valence-corrected chi connectivity index (χ1v) is 8.66. The zero-order valence-electron chi connectivity index (χ0n) is 12.3. The van der Waals surface area contributed by atoms with Crippen molar-refractivity contribution in [3.05, 3.63) is 35.9 Å². The van der Waals surface area contributed by atoms with Gasteiger partial charge in [0, 0.05) is 18.4 Å². The van der Waals surface area contributed by atoms with Gasteiger partial charge in [-0.3, -0.25) is 0 Å². The van der Waals surface area contributed by atoms with Gasteiger partial charge in [-0.1, -0.05) is 30.3 Å². The highest BCUT2D eigenvalue weighted by molar-refractivity contribution is 8.00. The summed E-state index contributed by atoms with van der Waals surface area (Å²) < 4.78 is 0. The molecule has 0 aromatic heterocycles. The second-order valence-corrected chi connectivity index (χ2v) is 6.73. The zero-order valence-corrected chi connectivity index (χ0v) is 13.1. The van der Waals surface area contributed by atoms with E-state index in [2.05, 4.69) is 10.6 Å². The molecule has 1 fully saturated rings. The Labute approximate surface area is 130 Å². The van der Waals surface area contributed by atoms with Crippen molar-refractivity contribution in [2.45, 2.75) is 37.0 Å². The molecule has 5 heteroatoms. The van der Waals surface area contributed by atoms with Gasteiger partial charge in [-0.05, 0) is 37.0 Å². The molecule has 0 aliphatic carbocycles. The lowest BCUT2D eigenvalue weighted by Gasteiger charge is -2.20. The summed E-state index contributed by atoms with van der Waals surface area (Å²) in [5.41, 5.74) is 1.08. The summed E-state index contributed by atoms with van der Waals surface area (Å²) in [7, 11) is 0. The average molecular weight is 308 g/mol. The molecule has 0 spiro atoms. The molecule has 1 aromatic rings. The largest absolute Gasteiger partial charge is 0.396 e. The van der Waals surface area contributed by atoms with E-state index < -0.39 is 0 Å². The highest BCUT2D eigenvalue weighted by atomic mass is 32.2. The smallest absolute Gasteiger partial charge is 0.315 e. The van der Waals surface area contributed by atoms with E-state index in [1.54, 1.807) is 0 Å². The number of aliphatic hydroxyl groups is 1. The van der Waals surface area contributed by atoms with Gasteiger partial charge in [0.2, 0.25) is 0 Å². The van der Waals surface area contributed by atoms with E-state index in [0.29, 0.717) is 11.7 Å². The topological polar surface area (TPSA) is 61.4 Å². The van der Waals surface area contributed by atoms with Gasteiger partial charge in [-0.2, -0.15) is 11.8 Å². The number of amides is 2. The lowest BCUT2D eigenvalue weighted by Crippen LogP contribution is -2.40. The normalized spacial score (nSPS) is 19.2. The molecule has 0 radical (unpaired) electrons. The molecule has 2 atom stereocenters. The molecule has 0 bridgehead atoms. The second-order valence-electron chi connectivity index (χ2n) is 5.32. The number of carbonyl (C=O) groups excluding carboxylic acids is 1. The molecule has 116 valence electrons. The number of nitrogens with one attached hydrogen (secondary N) is 2. The van der Waals surface area contributed by atoms with E-state index in [-0.39, 0.29) is 18.7 Å². The van der Waals surface area contributed by atoms with E-state index in [1.807, 2.05) is 42.1 Å². The van der Waals surface area contributed by atoms with Gasteiger partial charge >= 0.3 is 6.03 Å². The highest BCUT2D eigenvalue weighted by Crippen LogP contribution is 2.25. The van der Waals surface area contributed by atoms with Gasteiger partial charge in [-0.25, -0.2) is 4.79 Å². The Kier molecular flexibility index (Phi) is 6.89. The fourth-order valence-corrected chi connectivity index (χ4v) is 3.73. The van der Waals surface area contributed by atoms with Gasteiger partial charge in [0.25, 0.3) is 0 Å². The molecule has 1 aliphatic rings. The minimum atomic E-state index is -0.116. The third-order valence-electron chi connectivity index (χ3n) is 3.67.